The van der Waals surface area contributed by atoms with Gasteiger partial charge in [-0.05, 0) is 66.4 Å². The highest BCUT2D eigenvalue weighted by Crippen LogP contribution is 2.27. The summed E-state index contributed by atoms with van der Waals surface area (Å²) < 4.78 is 46.3. The molecule has 7 nitrogen and oxygen atoms in total. The molecule has 0 saturated carbocycles. The maximum absolute atomic E-state index is 12.3. The Labute approximate surface area is 174 Å². The van der Waals surface area contributed by atoms with Crippen molar-refractivity contribution in [2.45, 2.75) is 19.2 Å². The first-order valence-corrected chi connectivity index (χ1v) is 9.25. The molecule has 0 spiro atoms. The molecule has 0 fully saturated rings. The Bertz CT molecular complexity index is 1130. The molecule has 0 bridgehead atoms. The molecule has 4 aromatic rings. The van der Waals surface area contributed by atoms with Crippen LogP contribution in [0.3, 0.4) is 0 Å². The van der Waals surface area contributed by atoms with E-state index in [0.717, 1.165) is 24.0 Å². The molecule has 31 heavy (non-hydrogen) atoms. The second-order valence-corrected chi connectivity index (χ2v) is 6.50. The van der Waals surface area contributed by atoms with Gasteiger partial charge >= 0.3 is 12.4 Å². The van der Waals surface area contributed by atoms with E-state index in [9.17, 15) is 13.2 Å². The van der Waals surface area contributed by atoms with Crippen molar-refractivity contribution < 1.29 is 22.3 Å². The summed E-state index contributed by atoms with van der Waals surface area (Å²) in [5.41, 5.74) is 3.33. The normalized spacial score (nSPS) is 11.3. The Morgan fingerprint density at radius 1 is 0.871 bits per heavy atom. The molecule has 0 atom stereocenters. The van der Waals surface area contributed by atoms with Crippen LogP contribution in [-0.4, -0.2) is 26.5 Å². The minimum absolute atomic E-state index is 0.100. The van der Waals surface area contributed by atoms with Crippen LogP contribution in [0.2, 0.25) is 0 Å². The summed E-state index contributed by atoms with van der Waals surface area (Å²) in [4.78, 5) is 8.16. The van der Waals surface area contributed by atoms with Gasteiger partial charge in [-0.2, -0.15) is 0 Å². The van der Waals surface area contributed by atoms with E-state index in [0.29, 0.717) is 11.3 Å². The summed E-state index contributed by atoms with van der Waals surface area (Å²) in [5.74, 6) is -0.0316. The number of hydrogen-bond acceptors (Lipinski definition) is 7. The van der Waals surface area contributed by atoms with Crippen molar-refractivity contribution in [3.63, 3.8) is 0 Å². The van der Waals surface area contributed by atoms with Crippen LogP contribution in [0.1, 0.15) is 11.1 Å². The van der Waals surface area contributed by atoms with E-state index in [2.05, 4.69) is 30.2 Å². The van der Waals surface area contributed by atoms with Gasteiger partial charge in [-0.15, -0.1) is 18.3 Å². The van der Waals surface area contributed by atoms with Crippen molar-refractivity contribution in [1.29, 1.82) is 0 Å². The largest absolute Gasteiger partial charge is 0.573 e. The van der Waals surface area contributed by atoms with E-state index < -0.39 is 6.36 Å². The molecule has 0 aliphatic carbocycles. The van der Waals surface area contributed by atoms with Crippen LogP contribution in [0.15, 0.2) is 71.7 Å². The molecule has 1 aromatic carbocycles. The van der Waals surface area contributed by atoms with Gasteiger partial charge in [-0.3, -0.25) is 9.97 Å². The summed E-state index contributed by atoms with van der Waals surface area (Å²) in [6.07, 6.45) is 3.67. The molecule has 0 unspecified atom stereocenters. The third-order valence-electron chi connectivity index (χ3n) is 4.34. The number of alkyl halides is 3. The lowest BCUT2D eigenvalue weighted by Crippen LogP contribution is -2.16. The van der Waals surface area contributed by atoms with Crippen LogP contribution < -0.4 is 10.1 Å². The molecule has 0 aliphatic heterocycles. The lowest BCUT2D eigenvalue weighted by atomic mass is 10.0. The van der Waals surface area contributed by atoms with Gasteiger partial charge in [0.1, 0.15) is 5.75 Å². The summed E-state index contributed by atoms with van der Waals surface area (Å²) in [6, 6.07) is 11.1. The number of aromatic nitrogens is 4. The highest BCUT2D eigenvalue weighted by molar-refractivity contribution is 5.59. The van der Waals surface area contributed by atoms with Crippen LogP contribution >= 0.6 is 0 Å². The average molecular weight is 427 g/mol. The van der Waals surface area contributed by atoms with Crippen molar-refractivity contribution in [3.8, 4) is 17.2 Å². The van der Waals surface area contributed by atoms with Crippen LogP contribution in [0, 0.1) is 0 Å². The number of benzene rings is 1. The Morgan fingerprint density at radius 2 is 1.61 bits per heavy atom. The minimum Gasteiger partial charge on any atom is -0.406 e. The zero-order valence-corrected chi connectivity index (χ0v) is 16.0. The Kier molecular flexibility index (Phi) is 5.78. The molecule has 3 heterocycles. The highest BCUT2D eigenvalue weighted by Gasteiger charge is 2.31. The van der Waals surface area contributed by atoms with Crippen molar-refractivity contribution in [3.05, 3.63) is 78.4 Å². The zero-order chi connectivity index (χ0) is 21.7. The van der Waals surface area contributed by atoms with Crippen LogP contribution in [0.25, 0.3) is 11.5 Å². The van der Waals surface area contributed by atoms with E-state index >= 15 is 0 Å². The quantitative estimate of drug-likeness (QED) is 0.446. The first-order valence-electron chi connectivity index (χ1n) is 9.25. The molecule has 0 saturated heterocycles. The minimum atomic E-state index is -4.74. The molecule has 0 aliphatic rings. The van der Waals surface area contributed by atoms with Gasteiger partial charge in [-0.1, -0.05) is 5.10 Å². The topological polar surface area (TPSA) is 86.0 Å². The van der Waals surface area contributed by atoms with E-state index in [4.69, 9.17) is 4.42 Å². The third-order valence-corrected chi connectivity index (χ3v) is 4.34. The first kappa shape index (κ1) is 20.3. The molecule has 158 valence electrons. The maximum Gasteiger partial charge on any atom is 0.573 e. The van der Waals surface area contributed by atoms with E-state index in [1.54, 1.807) is 24.8 Å². The maximum atomic E-state index is 12.3. The Balaban J connectivity index is 1.45. The number of ether oxygens (including phenoxy) is 1. The molecular formula is C21H16F3N5O2. The average Bonchev–Trinajstić information content (AvgIpc) is 3.22. The van der Waals surface area contributed by atoms with Gasteiger partial charge in [0, 0.05) is 30.5 Å². The van der Waals surface area contributed by atoms with E-state index in [-0.39, 0.29) is 17.7 Å². The van der Waals surface area contributed by atoms with Gasteiger partial charge in [0.15, 0.2) is 0 Å². The first-order chi connectivity index (χ1) is 15.0. The number of nitrogens with one attached hydrogen (secondary N) is 1. The Hall–Kier alpha value is -3.95. The number of pyridine rings is 2. The summed E-state index contributed by atoms with van der Waals surface area (Å²) in [7, 11) is 0. The monoisotopic (exact) mass is 427 g/mol. The standard InChI is InChI=1S/C21H16F3N5O2/c22-21(23,24)31-17-5-3-16(4-6-17)27-20-29-28-19(30-20)18-13-26-12-9-15(18)2-1-14-7-10-25-11-8-14/h3-13H,1-2H2,(H,27,29). The van der Waals surface area contributed by atoms with E-state index in [1.807, 2.05) is 18.2 Å². The van der Waals surface area contributed by atoms with Gasteiger partial charge in [0.2, 0.25) is 0 Å². The van der Waals surface area contributed by atoms with Crippen molar-refractivity contribution in [2.24, 2.45) is 0 Å². The number of halogens is 3. The molecule has 0 radical (unpaired) electrons. The highest BCUT2D eigenvalue weighted by atomic mass is 19.4. The zero-order valence-electron chi connectivity index (χ0n) is 16.0. The van der Waals surface area contributed by atoms with Crippen molar-refractivity contribution in [1.82, 2.24) is 20.2 Å². The van der Waals surface area contributed by atoms with Crippen molar-refractivity contribution in [2.75, 3.05) is 5.32 Å². The Morgan fingerprint density at radius 3 is 2.35 bits per heavy atom. The molecule has 10 heteroatoms. The molecule has 1 N–H and O–H groups in total. The van der Waals surface area contributed by atoms with Gasteiger partial charge in [0.25, 0.3) is 5.89 Å². The van der Waals surface area contributed by atoms with Crippen LogP contribution in [-0.2, 0) is 12.8 Å². The fourth-order valence-electron chi connectivity index (χ4n) is 2.91. The lowest BCUT2D eigenvalue weighted by molar-refractivity contribution is -0.274. The smallest absolute Gasteiger partial charge is 0.406 e. The van der Waals surface area contributed by atoms with Crippen LogP contribution in [0.4, 0.5) is 24.9 Å². The summed E-state index contributed by atoms with van der Waals surface area (Å²) in [6.45, 7) is 0. The second kappa shape index (κ2) is 8.82. The number of anilines is 2. The fraction of sp³-hybridized carbons (Fsp3) is 0.143. The molecule has 4 rings (SSSR count). The number of aryl methyl sites for hydroxylation is 2. The van der Waals surface area contributed by atoms with Gasteiger partial charge in [-0.25, -0.2) is 0 Å². The van der Waals surface area contributed by atoms with Crippen molar-refractivity contribution >= 4 is 11.7 Å². The lowest BCUT2D eigenvalue weighted by Gasteiger charge is -2.09. The molecular weight excluding hydrogens is 411 g/mol. The molecule has 3 aromatic heterocycles. The number of rotatable bonds is 7. The van der Waals surface area contributed by atoms with Crippen LogP contribution in [0.5, 0.6) is 5.75 Å². The summed E-state index contributed by atoms with van der Waals surface area (Å²) in [5, 5.41) is 10.9. The molecule has 0 amide bonds. The van der Waals surface area contributed by atoms with Gasteiger partial charge < -0.3 is 14.5 Å². The van der Waals surface area contributed by atoms with Gasteiger partial charge in [0.05, 0.1) is 5.56 Å². The fourth-order valence-corrected chi connectivity index (χ4v) is 2.91. The number of hydrogen-bond donors (Lipinski definition) is 1. The second-order valence-electron chi connectivity index (χ2n) is 6.50. The predicted molar refractivity (Wildman–Crippen MR) is 106 cm³/mol. The van der Waals surface area contributed by atoms with E-state index in [1.165, 1.54) is 24.3 Å². The predicted octanol–water partition coefficient (Wildman–Crippen LogP) is 4.95. The SMILES string of the molecule is FC(F)(F)Oc1ccc(Nc2nnc(-c3cnccc3CCc3ccncc3)o2)cc1. The number of nitrogens with zero attached hydrogens (tertiary/aromatic N) is 4. The summed E-state index contributed by atoms with van der Waals surface area (Å²) >= 11 is 0. The third kappa shape index (κ3) is 5.56.